The number of likely N-dealkylation sites (tertiary alicyclic amines) is 1. The maximum atomic E-state index is 12.4. The third kappa shape index (κ3) is 3.71. The minimum Gasteiger partial charge on any atom is -0.466 e. The first-order valence-corrected chi connectivity index (χ1v) is 7.25. The molecule has 6 heteroatoms. The Morgan fingerprint density at radius 2 is 2.14 bits per heavy atom. The van der Waals surface area contributed by atoms with Crippen molar-refractivity contribution in [3.63, 3.8) is 0 Å². The molecule has 1 aromatic rings. The van der Waals surface area contributed by atoms with Crippen LogP contribution in [0, 0.1) is 5.92 Å². The van der Waals surface area contributed by atoms with E-state index >= 15 is 0 Å². The van der Waals surface area contributed by atoms with Gasteiger partial charge in [0.1, 0.15) is 5.82 Å². The summed E-state index contributed by atoms with van der Waals surface area (Å²) < 4.78 is 5.03. The largest absolute Gasteiger partial charge is 0.466 e. The number of hydrogen-bond donors (Lipinski definition) is 1. The van der Waals surface area contributed by atoms with Crippen LogP contribution in [0.5, 0.6) is 0 Å². The molecule has 1 amide bonds. The summed E-state index contributed by atoms with van der Waals surface area (Å²) in [5.41, 5.74) is 0.615. The summed E-state index contributed by atoms with van der Waals surface area (Å²) in [4.78, 5) is 30.0. The van der Waals surface area contributed by atoms with E-state index in [1.54, 1.807) is 37.2 Å². The van der Waals surface area contributed by atoms with Crippen molar-refractivity contribution in [3.05, 3.63) is 23.9 Å². The Balaban J connectivity index is 1.95. The Bertz CT molecular complexity index is 511. The lowest BCUT2D eigenvalue weighted by molar-refractivity contribution is -0.149. The summed E-state index contributed by atoms with van der Waals surface area (Å²) in [6.45, 7) is 3.38. The molecule has 0 radical (unpaired) electrons. The lowest BCUT2D eigenvalue weighted by Gasteiger charge is -2.31. The van der Waals surface area contributed by atoms with Crippen molar-refractivity contribution in [2.45, 2.75) is 19.8 Å². The summed E-state index contributed by atoms with van der Waals surface area (Å²) >= 11 is 0. The number of aromatic nitrogens is 1. The Morgan fingerprint density at radius 1 is 1.43 bits per heavy atom. The van der Waals surface area contributed by atoms with E-state index in [9.17, 15) is 9.59 Å². The molecule has 1 fully saturated rings. The van der Waals surface area contributed by atoms with Gasteiger partial charge in [0.2, 0.25) is 0 Å². The molecule has 2 rings (SSSR count). The minimum atomic E-state index is -0.147. The second-order valence-electron chi connectivity index (χ2n) is 5.00. The third-order valence-corrected chi connectivity index (χ3v) is 3.67. The van der Waals surface area contributed by atoms with E-state index in [-0.39, 0.29) is 17.8 Å². The van der Waals surface area contributed by atoms with Crippen LogP contribution in [0.25, 0.3) is 0 Å². The highest BCUT2D eigenvalue weighted by Gasteiger charge is 2.28. The number of esters is 1. The molecule has 0 saturated carbocycles. The van der Waals surface area contributed by atoms with Gasteiger partial charge in [-0.2, -0.15) is 0 Å². The summed E-state index contributed by atoms with van der Waals surface area (Å²) in [6.07, 6.45) is 2.94. The number of hydrogen-bond acceptors (Lipinski definition) is 5. The number of piperidine rings is 1. The SMILES string of the molecule is CCOC(=O)C1CCN(C(=O)c2ccnc(NC)c2)CC1. The van der Waals surface area contributed by atoms with Gasteiger partial charge >= 0.3 is 5.97 Å². The molecule has 0 aromatic carbocycles. The normalized spacial score (nSPS) is 15.6. The molecule has 1 saturated heterocycles. The summed E-state index contributed by atoms with van der Waals surface area (Å²) in [6, 6.07) is 3.44. The van der Waals surface area contributed by atoms with Gasteiger partial charge in [-0.15, -0.1) is 0 Å². The zero-order chi connectivity index (χ0) is 15.2. The van der Waals surface area contributed by atoms with Gasteiger partial charge in [0.15, 0.2) is 0 Å². The number of carbonyl (C=O) groups is 2. The van der Waals surface area contributed by atoms with E-state index in [1.165, 1.54) is 0 Å². The lowest BCUT2D eigenvalue weighted by atomic mass is 9.96. The molecule has 21 heavy (non-hydrogen) atoms. The number of amides is 1. The number of pyridine rings is 1. The van der Waals surface area contributed by atoms with Crippen molar-refractivity contribution in [2.24, 2.45) is 5.92 Å². The number of anilines is 1. The Labute approximate surface area is 124 Å². The zero-order valence-corrected chi connectivity index (χ0v) is 12.5. The van der Waals surface area contributed by atoms with E-state index in [0.29, 0.717) is 43.9 Å². The standard InChI is InChI=1S/C15H21N3O3/c1-3-21-15(20)11-5-8-18(9-6-11)14(19)12-4-7-17-13(10-12)16-2/h4,7,10-11H,3,5-6,8-9H2,1-2H3,(H,16,17). The molecule has 1 N–H and O–H groups in total. The van der Waals surface area contributed by atoms with Gasteiger partial charge in [-0.25, -0.2) is 4.98 Å². The second-order valence-corrected chi connectivity index (χ2v) is 5.00. The van der Waals surface area contributed by atoms with Crippen LogP contribution in [0.15, 0.2) is 18.3 Å². The fourth-order valence-electron chi connectivity index (χ4n) is 2.46. The monoisotopic (exact) mass is 291 g/mol. The number of nitrogens with zero attached hydrogens (tertiary/aromatic N) is 2. The highest BCUT2D eigenvalue weighted by molar-refractivity contribution is 5.95. The first-order chi connectivity index (χ1) is 10.2. The van der Waals surface area contributed by atoms with E-state index < -0.39 is 0 Å². The second kappa shape index (κ2) is 7.06. The molecule has 2 heterocycles. The van der Waals surface area contributed by atoms with Crippen molar-refractivity contribution < 1.29 is 14.3 Å². The highest BCUT2D eigenvalue weighted by atomic mass is 16.5. The van der Waals surface area contributed by atoms with Gasteiger partial charge in [0.25, 0.3) is 5.91 Å². The zero-order valence-electron chi connectivity index (χ0n) is 12.5. The predicted octanol–water partition coefficient (Wildman–Crippen LogP) is 1.54. The molecule has 1 aliphatic heterocycles. The topological polar surface area (TPSA) is 71.5 Å². The van der Waals surface area contributed by atoms with Gasteiger partial charge in [-0.05, 0) is 31.9 Å². The average molecular weight is 291 g/mol. The number of nitrogens with one attached hydrogen (secondary N) is 1. The maximum absolute atomic E-state index is 12.4. The molecule has 0 atom stereocenters. The van der Waals surface area contributed by atoms with Crippen molar-refractivity contribution in [1.29, 1.82) is 0 Å². The first-order valence-electron chi connectivity index (χ1n) is 7.25. The molecule has 0 spiro atoms. The summed E-state index contributed by atoms with van der Waals surface area (Å²) in [7, 11) is 1.77. The van der Waals surface area contributed by atoms with Crippen LogP contribution in [0.2, 0.25) is 0 Å². The third-order valence-electron chi connectivity index (χ3n) is 3.67. The van der Waals surface area contributed by atoms with Crippen LogP contribution in [0.1, 0.15) is 30.1 Å². The molecule has 1 aliphatic rings. The van der Waals surface area contributed by atoms with E-state index in [0.717, 1.165) is 0 Å². The van der Waals surface area contributed by atoms with Crippen molar-refractivity contribution >= 4 is 17.7 Å². The van der Waals surface area contributed by atoms with Gasteiger partial charge in [0, 0.05) is 31.9 Å². The summed E-state index contributed by atoms with van der Waals surface area (Å²) in [5, 5.41) is 2.92. The molecule has 1 aromatic heterocycles. The molecule has 0 bridgehead atoms. The van der Waals surface area contributed by atoms with Gasteiger partial charge in [-0.3, -0.25) is 9.59 Å². The highest BCUT2D eigenvalue weighted by Crippen LogP contribution is 2.20. The van der Waals surface area contributed by atoms with Gasteiger partial charge in [-0.1, -0.05) is 0 Å². The Kier molecular flexibility index (Phi) is 5.14. The fourth-order valence-corrected chi connectivity index (χ4v) is 2.46. The smallest absolute Gasteiger partial charge is 0.309 e. The molecular weight excluding hydrogens is 270 g/mol. The first kappa shape index (κ1) is 15.3. The Hall–Kier alpha value is -2.11. The van der Waals surface area contributed by atoms with E-state index in [4.69, 9.17) is 4.74 Å². The van der Waals surface area contributed by atoms with Gasteiger partial charge in [0.05, 0.1) is 12.5 Å². The van der Waals surface area contributed by atoms with Crippen molar-refractivity contribution in [2.75, 3.05) is 32.1 Å². The van der Waals surface area contributed by atoms with Crippen molar-refractivity contribution in [3.8, 4) is 0 Å². The average Bonchev–Trinajstić information content (AvgIpc) is 2.54. The molecular formula is C15H21N3O3. The molecule has 114 valence electrons. The molecule has 6 nitrogen and oxygen atoms in total. The number of carbonyl (C=O) groups excluding carboxylic acids is 2. The van der Waals surface area contributed by atoms with Crippen LogP contribution < -0.4 is 5.32 Å². The van der Waals surface area contributed by atoms with Crippen LogP contribution >= 0.6 is 0 Å². The quantitative estimate of drug-likeness (QED) is 0.852. The van der Waals surface area contributed by atoms with E-state index in [1.807, 2.05) is 0 Å². The van der Waals surface area contributed by atoms with Crippen LogP contribution in [0.3, 0.4) is 0 Å². The van der Waals surface area contributed by atoms with Crippen LogP contribution in [-0.4, -0.2) is 48.5 Å². The number of rotatable bonds is 4. The van der Waals surface area contributed by atoms with Gasteiger partial charge < -0.3 is 15.0 Å². The Morgan fingerprint density at radius 3 is 2.76 bits per heavy atom. The van der Waals surface area contributed by atoms with E-state index in [2.05, 4.69) is 10.3 Å². The van der Waals surface area contributed by atoms with Crippen LogP contribution in [-0.2, 0) is 9.53 Å². The molecule has 0 aliphatic carbocycles. The maximum Gasteiger partial charge on any atom is 0.309 e. The summed E-state index contributed by atoms with van der Waals surface area (Å²) in [5.74, 6) is 0.420. The molecule has 0 unspecified atom stereocenters. The van der Waals surface area contributed by atoms with Crippen molar-refractivity contribution in [1.82, 2.24) is 9.88 Å². The fraction of sp³-hybridized carbons (Fsp3) is 0.533. The lowest BCUT2D eigenvalue weighted by Crippen LogP contribution is -2.40. The van der Waals surface area contributed by atoms with Crippen LogP contribution in [0.4, 0.5) is 5.82 Å². The predicted molar refractivity (Wildman–Crippen MR) is 79.0 cm³/mol. The number of ether oxygens (including phenoxy) is 1. The minimum absolute atomic E-state index is 0.0174.